The van der Waals surface area contributed by atoms with Crippen molar-refractivity contribution < 1.29 is 19.0 Å². The van der Waals surface area contributed by atoms with Gasteiger partial charge in [0.1, 0.15) is 6.61 Å². The standard InChI is InChI=1S/C23H46O4Si/c1-6-9-18-28(19-10-7-2,20-11-8-3)21-12-13-25-14-15-26-16-17-27-23(24)22(4)5/h4,6-21H2,1-3,5H3. The first-order valence-corrected chi connectivity index (χ1v) is 14.3. The highest BCUT2D eigenvalue weighted by Gasteiger charge is 2.30. The summed E-state index contributed by atoms with van der Waals surface area (Å²) in [7, 11) is -1.13. The molecule has 0 aliphatic carbocycles. The molecule has 0 spiro atoms. The molecule has 0 bridgehead atoms. The fourth-order valence-corrected chi connectivity index (χ4v) is 9.30. The van der Waals surface area contributed by atoms with E-state index in [1.165, 1.54) is 69.1 Å². The molecule has 0 N–H and O–H groups in total. The highest BCUT2D eigenvalue weighted by molar-refractivity contribution is 6.79. The lowest BCUT2D eigenvalue weighted by Crippen LogP contribution is -2.34. The molecule has 0 radical (unpaired) electrons. The van der Waals surface area contributed by atoms with Gasteiger partial charge in [-0.25, -0.2) is 4.79 Å². The average Bonchev–Trinajstić information content (AvgIpc) is 2.69. The Morgan fingerprint density at radius 2 is 1.14 bits per heavy atom. The van der Waals surface area contributed by atoms with Gasteiger partial charge in [0.25, 0.3) is 0 Å². The van der Waals surface area contributed by atoms with Crippen LogP contribution < -0.4 is 0 Å². The number of carbonyl (C=O) groups excluding carboxylic acids is 1. The first-order valence-electron chi connectivity index (χ1n) is 11.5. The Balaban J connectivity index is 3.98. The number of unbranched alkanes of at least 4 members (excludes halogenated alkanes) is 3. The Morgan fingerprint density at radius 1 is 0.714 bits per heavy atom. The van der Waals surface area contributed by atoms with E-state index in [4.69, 9.17) is 14.2 Å². The third-order valence-corrected chi connectivity index (χ3v) is 11.0. The molecule has 0 aliphatic heterocycles. The molecular formula is C23H46O4Si. The average molecular weight is 415 g/mol. The second-order valence-corrected chi connectivity index (χ2v) is 13.1. The van der Waals surface area contributed by atoms with E-state index in [1.807, 2.05) is 0 Å². The molecule has 0 amide bonds. The van der Waals surface area contributed by atoms with Crippen LogP contribution in [0.5, 0.6) is 0 Å². The second-order valence-electron chi connectivity index (χ2n) is 8.06. The van der Waals surface area contributed by atoms with E-state index in [1.54, 1.807) is 6.92 Å². The van der Waals surface area contributed by atoms with E-state index in [-0.39, 0.29) is 12.6 Å². The summed E-state index contributed by atoms with van der Waals surface area (Å²) in [4.78, 5) is 11.2. The Kier molecular flexibility index (Phi) is 18.0. The van der Waals surface area contributed by atoms with Crippen LogP contribution in [0.2, 0.25) is 24.2 Å². The van der Waals surface area contributed by atoms with Gasteiger partial charge in [-0.2, -0.15) is 0 Å². The van der Waals surface area contributed by atoms with Crippen LogP contribution in [0.4, 0.5) is 0 Å². The van der Waals surface area contributed by atoms with Crippen molar-refractivity contribution in [1.29, 1.82) is 0 Å². The van der Waals surface area contributed by atoms with Crippen LogP contribution in [0, 0.1) is 0 Å². The van der Waals surface area contributed by atoms with Crippen molar-refractivity contribution in [3.63, 3.8) is 0 Å². The maximum absolute atomic E-state index is 11.2. The van der Waals surface area contributed by atoms with E-state index >= 15 is 0 Å². The van der Waals surface area contributed by atoms with Gasteiger partial charge < -0.3 is 14.2 Å². The van der Waals surface area contributed by atoms with Crippen molar-refractivity contribution in [2.24, 2.45) is 0 Å². The molecule has 0 aromatic carbocycles. The fraction of sp³-hybridized carbons (Fsp3) is 0.870. The molecule has 5 heteroatoms. The van der Waals surface area contributed by atoms with E-state index in [0.29, 0.717) is 25.4 Å². The van der Waals surface area contributed by atoms with Crippen LogP contribution in [0.1, 0.15) is 72.6 Å². The number of hydrogen-bond donors (Lipinski definition) is 0. The van der Waals surface area contributed by atoms with Gasteiger partial charge in [0.05, 0.1) is 27.9 Å². The monoisotopic (exact) mass is 414 g/mol. The van der Waals surface area contributed by atoms with Gasteiger partial charge in [-0.15, -0.1) is 0 Å². The largest absolute Gasteiger partial charge is 0.460 e. The predicted octanol–water partition coefficient (Wildman–Crippen LogP) is 6.38. The zero-order valence-electron chi connectivity index (χ0n) is 19.2. The molecule has 0 heterocycles. The summed E-state index contributed by atoms with van der Waals surface area (Å²) in [6, 6.07) is 5.95. The van der Waals surface area contributed by atoms with E-state index in [9.17, 15) is 4.79 Å². The van der Waals surface area contributed by atoms with Gasteiger partial charge >= 0.3 is 5.97 Å². The van der Waals surface area contributed by atoms with Crippen molar-refractivity contribution in [2.45, 2.75) is 96.8 Å². The van der Waals surface area contributed by atoms with Gasteiger partial charge in [-0.1, -0.05) is 90.1 Å². The predicted molar refractivity (Wildman–Crippen MR) is 122 cm³/mol. The molecule has 4 nitrogen and oxygen atoms in total. The van der Waals surface area contributed by atoms with Gasteiger partial charge in [-0.3, -0.25) is 0 Å². The fourth-order valence-electron chi connectivity index (χ4n) is 3.59. The third-order valence-electron chi connectivity index (χ3n) is 5.36. The number of ether oxygens (including phenoxy) is 3. The van der Waals surface area contributed by atoms with Crippen molar-refractivity contribution in [1.82, 2.24) is 0 Å². The summed E-state index contributed by atoms with van der Waals surface area (Å²) in [5, 5.41) is 0. The Bertz CT molecular complexity index is 376. The van der Waals surface area contributed by atoms with E-state index in [0.717, 1.165) is 6.61 Å². The van der Waals surface area contributed by atoms with Crippen LogP contribution in [0.3, 0.4) is 0 Å². The Labute approximate surface area is 175 Å². The van der Waals surface area contributed by atoms with E-state index in [2.05, 4.69) is 27.4 Å². The number of rotatable bonds is 20. The molecule has 0 aliphatic rings. The molecular weight excluding hydrogens is 368 g/mol. The number of carbonyl (C=O) groups is 1. The minimum absolute atomic E-state index is 0.270. The third kappa shape index (κ3) is 14.4. The first-order chi connectivity index (χ1) is 13.5. The molecule has 166 valence electrons. The summed E-state index contributed by atoms with van der Waals surface area (Å²) < 4.78 is 16.2. The molecule has 28 heavy (non-hydrogen) atoms. The summed E-state index contributed by atoms with van der Waals surface area (Å²) in [6.07, 6.45) is 9.38. The van der Waals surface area contributed by atoms with Crippen LogP contribution in [-0.2, 0) is 19.0 Å². The van der Waals surface area contributed by atoms with Gasteiger partial charge in [-0.05, 0) is 13.3 Å². The summed E-state index contributed by atoms with van der Waals surface area (Å²) in [5.41, 5.74) is 0.416. The summed E-state index contributed by atoms with van der Waals surface area (Å²) in [6.45, 7) is 14.8. The maximum Gasteiger partial charge on any atom is 0.333 e. The van der Waals surface area contributed by atoms with Crippen molar-refractivity contribution in [3.8, 4) is 0 Å². The molecule has 0 aromatic rings. The first kappa shape index (κ1) is 27.3. The molecule has 0 saturated carbocycles. The summed E-state index contributed by atoms with van der Waals surface area (Å²) in [5.74, 6) is -0.360. The van der Waals surface area contributed by atoms with E-state index < -0.39 is 8.07 Å². The summed E-state index contributed by atoms with van der Waals surface area (Å²) >= 11 is 0. The minimum Gasteiger partial charge on any atom is -0.460 e. The van der Waals surface area contributed by atoms with Gasteiger partial charge in [0.15, 0.2) is 0 Å². The molecule has 0 unspecified atom stereocenters. The highest BCUT2D eigenvalue weighted by atomic mass is 28.3. The van der Waals surface area contributed by atoms with Crippen LogP contribution in [0.15, 0.2) is 12.2 Å². The molecule has 0 aromatic heterocycles. The Hall–Kier alpha value is -0.653. The molecule has 0 rings (SSSR count). The zero-order chi connectivity index (χ0) is 21.1. The van der Waals surface area contributed by atoms with Crippen LogP contribution in [-0.4, -0.2) is 47.1 Å². The normalized spacial score (nSPS) is 11.6. The lowest BCUT2D eigenvalue weighted by molar-refractivity contribution is -0.140. The molecule has 0 fully saturated rings. The van der Waals surface area contributed by atoms with Crippen molar-refractivity contribution in [3.05, 3.63) is 12.2 Å². The number of esters is 1. The lowest BCUT2D eigenvalue weighted by Gasteiger charge is -2.32. The SMILES string of the molecule is C=C(C)C(=O)OCCOCCOCCC[Si](CCCC)(CCCC)CCCC. The lowest BCUT2D eigenvalue weighted by atomic mass is 10.4. The van der Waals surface area contributed by atoms with Crippen LogP contribution in [0.25, 0.3) is 0 Å². The zero-order valence-corrected chi connectivity index (χ0v) is 20.2. The van der Waals surface area contributed by atoms with Crippen LogP contribution >= 0.6 is 0 Å². The minimum atomic E-state index is -1.13. The Morgan fingerprint density at radius 3 is 1.61 bits per heavy atom. The van der Waals surface area contributed by atoms with Crippen molar-refractivity contribution in [2.75, 3.05) is 33.0 Å². The highest BCUT2D eigenvalue weighted by Crippen LogP contribution is 2.33. The van der Waals surface area contributed by atoms with Gasteiger partial charge in [0.2, 0.25) is 0 Å². The molecule has 0 atom stereocenters. The topological polar surface area (TPSA) is 44.8 Å². The second kappa shape index (κ2) is 18.4. The van der Waals surface area contributed by atoms with Gasteiger partial charge in [0, 0.05) is 12.2 Å². The smallest absolute Gasteiger partial charge is 0.333 e. The quantitative estimate of drug-likeness (QED) is 0.100. The molecule has 0 saturated heterocycles. The van der Waals surface area contributed by atoms with Crippen molar-refractivity contribution >= 4 is 14.0 Å². The maximum atomic E-state index is 11.2. The number of hydrogen-bond acceptors (Lipinski definition) is 4.